The van der Waals surface area contributed by atoms with Crippen molar-refractivity contribution in [2.45, 2.75) is 19.3 Å². The van der Waals surface area contributed by atoms with E-state index < -0.39 is 0 Å². The Kier molecular flexibility index (Phi) is 5.19. The van der Waals surface area contributed by atoms with E-state index in [2.05, 4.69) is 31.1 Å². The number of hydrogen-bond acceptors (Lipinski definition) is 2. The average molecular weight is 207 g/mol. The van der Waals surface area contributed by atoms with Crippen LogP contribution < -0.4 is 4.74 Å². The molecular formula is C13H21NO. The van der Waals surface area contributed by atoms with Gasteiger partial charge in [-0.25, -0.2) is 0 Å². The van der Waals surface area contributed by atoms with Crippen molar-refractivity contribution in [1.82, 2.24) is 4.90 Å². The standard InChI is InChI=1S/C13H21NO/c1-14(2)11-5-4-6-12-7-9-13(15-3)10-8-12/h7-10H,4-6,11H2,1-3H3. The molecule has 0 aliphatic carbocycles. The Labute approximate surface area is 92.9 Å². The minimum Gasteiger partial charge on any atom is -0.497 e. The van der Waals surface area contributed by atoms with Crippen LogP contribution in [0.1, 0.15) is 18.4 Å². The molecule has 0 radical (unpaired) electrons. The molecule has 1 aromatic carbocycles. The van der Waals surface area contributed by atoms with Gasteiger partial charge in [0.05, 0.1) is 7.11 Å². The van der Waals surface area contributed by atoms with Crippen LogP contribution in [0, 0.1) is 0 Å². The van der Waals surface area contributed by atoms with Crippen LogP contribution in [0.4, 0.5) is 0 Å². The lowest BCUT2D eigenvalue weighted by molar-refractivity contribution is 0.394. The lowest BCUT2D eigenvalue weighted by Crippen LogP contribution is -2.12. The number of aryl methyl sites for hydroxylation is 1. The zero-order chi connectivity index (χ0) is 11.1. The van der Waals surface area contributed by atoms with Gasteiger partial charge in [-0.2, -0.15) is 0 Å². The van der Waals surface area contributed by atoms with Gasteiger partial charge in [0.25, 0.3) is 0 Å². The SMILES string of the molecule is COc1ccc(CCCCN(C)C)cc1. The number of methoxy groups -OCH3 is 1. The predicted octanol–water partition coefficient (Wildman–Crippen LogP) is 2.58. The Morgan fingerprint density at radius 3 is 2.27 bits per heavy atom. The molecule has 0 aliphatic rings. The molecule has 0 aliphatic heterocycles. The molecule has 2 nitrogen and oxygen atoms in total. The van der Waals surface area contributed by atoms with E-state index in [1.54, 1.807) is 7.11 Å². The van der Waals surface area contributed by atoms with Gasteiger partial charge >= 0.3 is 0 Å². The van der Waals surface area contributed by atoms with E-state index in [0.29, 0.717) is 0 Å². The highest BCUT2D eigenvalue weighted by Gasteiger charge is 1.95. The summed E-state index contributed by atoms with van der Waals surface area (Å²) in [7, 11) is 5.94. The molecule has 0 atom stereocenters. The monoisotopic (exact) mass is 207 g/mol. The fraction of sp³-hybridized carbons (Fsp3) is 0.538. The van der Waals surface area contributed by atoms with Crippen LogP contribution in [0.25, 0.3) is 0 Å². The van der Waals surface area contributed by atoms with Crippen LogP contribution in [-0.4, -0.2) is 32.6 Å². The van der Waals surface area contributed by atoms with E-state index in [1.165, 1.54) is 24.9 Å². The second kappa shape index (κ2) is 6.46. The van der Waals surface area contributed by atoms with Crippen molar-refractivity contribution in [2.24, 2.45) is 0 Å². The molecule has 1 aromatic rings. The topological polar surface area (TPSA) is 12.5 Å². The summed E-state index contributed by atoms with van der Waals surface area (Å²) in [6.45, 7) is 1.18. The largest absolute Gasteiger partial charge is 0.497 e. The van der Waals surface area contributed by atoms with Crippen molar-refractivity contribution in [3.8, 4) is 5.75 Å². The summed E-state index contributed by atoms with van der Waals surface area (Å²) >= 11 is 0. The molecule has 0 saturated heterocycles. The molecule has 0 spiro atoms. The molecule has 0 bridgehead atoms. The number of unbranched alkanes of at least 4 members (excludes halogenated alkanes) is 1. The van der Waals surface area contributed by atoms with Crippen molar-refractivity contribution < 1.29 is 4.74 Å². The normalized spacial score (nSPS) is 10.7. The Hall–Kier alpha value is -1.02. The predicted molar refractivity (Wildman–Crippen MR) is 64.5 cm³/mol. The van der Waals surface area contributed by atoms with Gasteiger partial charge in [0, 0.05) is 0 Å². The highest BCUT2D eigenvalue weighted by molar-refractivity contribution is 5.27. The molecule has 0 fully saturated rings. The molecule has 0 saturated carbocycles. The van der Waals surface area contributed by atoms with Crippen LogP contribution in [0.15, 0.2) is 24.3 Å². The summed E-state index contributed by atoms with van der Waals surface area (Å²) in [5, 5.41) is 0. The van der Waals surface area contributed by atoms with Crippen LogP contribution in [0.3, 0.4) is 0 Å². The summed E-state index contributed by atoms with van der Waals surface area (Å²) in [6.07, 6.45) is 3.68. The molecule has 84 valence electrons. The smallest absolute Gasteiger partial charge is 0.118 e. The maximum atomic E-state index is 5.12. The first-order valence-corrected chi connectivity index (χ1v) is 5.50. The van der Waals surface area contributed by atoms with E-state index in [-0.39, 0.29) is 0 Å². The van der Waals surface area contributed by atoms with Crippen molar-refractivity contribution in [1.29, 1.82) is 0 Å². The summed E-state index contributed by atoms with van der Waals surface area (Å²) in [4.78, 5) is 2.23. The van der Waals surface area contributed by atoms with Gasteiger partial charge in [-0.3, -0.25) is 0 Å². The first kappa shape index (κ1) is 12.1. The molecule has 0 heterocycles. The average Bonchev–Trinajstić information content (AvgIpc) is 2.25. The third-order valence-corrected chi connectivity index (χ3v) is 2.48. The molecule has 0 amide bonds. The summed E-state index contributed by atoms with van der Waals surface area (Å²) in [6, 6.07) is 8.35. The minimum atomic E-state index is 0.937. The third kappa shape index (κ3) is 4.84. The zero-order valence-electron chi connectivity index (χ0n) is 9.99. The van der Waals surface area contributed by atoms with Crippen molar-refractivity contribution in [2.75, 3.05) is 27.7 Å². The second-order valence-electron chi connectivity index (χ2n) is 4.11. The van der Waals surface area contributed by atoms with Gasteiger partial charge in [0.15, 0.2) is 0 Å². The molecule has 0 N–H and O–H groups in total. The van der Waals surface area contributed by atoms with Gasteiger partial charge < -0.3 is 9.64 Å². The van der Waals surface area contributed by atoms with E-state index in [1.807, 2.05) is 12.1 Å². The van der Waals surface area contributed by atoms with Gasteiger partial charge in [-0.15, -0.1) is 0 Å². The van der Waals surface area contributed by atoms with Crippen LogP contribution in [-0.2, 0) is 6.42 Å². The lowest BCUT2D eigenvalue weighted by atomic mass is 10.1. The van der Waals surface area contributed by atoms with Crippen molar-refractivity contribution in [3.05, 3.63) is 29.8 Å². The summed E-state index contributed by atoms with van der Waals surface area (Å²) in [5.41, 5.74) is 1.40. The summed E-state index contributed by atoms with van der Waals surface area (Å²) < 4.78 is 5.12. The maximum Gasteiger partial charge on any atom is 0.118 e. The Morgan fingerprint density at radius 1 is 1.07 bits per heavy atom. The maximum absolute atomic E-state index is 5.12. The first-order chi connectivity index (χ1) is 7.22. The second-order valence-corrected chi connectivity index (χ2v) is 4.11. The van der Waals surface area contributed by atoms with E-state index in [4.69, 9.17) is 4.74 Å². The number of hydrogen-bond donors (Lipinski definition) is 0. The quantitative estimate of drug-likeness (QED) is 0.665. The third-order valence-electron chi connectivity index (χ3n) is 2.48. The van der Waals surface area contributed by atoms with Crippen molar-refractivity contribution in [3.63, 3.8) is 0 Å². The van der Waals surface area contributed by atoms with E-state index >= 15 is 0 Å². The first-order valence-electron chi connectivity index (χ1n) is 5.50. The number of rotatable bonds is 6. The number of benzene rings is 1. The van der Waals surface area contributed by atoms with Gasteiger partial charge in [-0.05, 0) is 57.6 Å². The number of ether oxygens (including phenoxy) is 1. The van der Waals surface area contributed by atoms with E-state index in [9.17, 15) is 0 Å². The molecule has 2 heteroatoms. The Bertz CT molecular complexity index is 266. The van der Waals surface area contributed by atoms with Crippen LogP contribution in [0.5, 0.6) is 5.75 Å². The van der Waals surface area contributed by atoms with E-state index in [0.717, 1.165) is 12.2 Å². The Balaban J connectivity index is 2.25. The summed E-state index contributed by atoms with van der Waals surface area (Å²) in [5.74, 6) is 0.937. The molecule has 0 aromatic heterocycles. The highest BCUT2D eigenvalue weighted by Crippen LogP contribution is 2.13. The number of nitrogens with zero attached hydrogens (tertiary/aromatic N) is 1. The molecule has 0 unspecified atom stereocenters. The van der Waals surface area contributed by atoms with Gasteiger partial charge in [-0.1, -0.05) is 12.1 Å². The Morgan fingerprint density at radius 2 is 1.73 bits per heavy atom. The lowest BCUT2D eigenvalue weighted by Gasteiger charge is -2.08. The molecule has 15 heavy (non-hydrogen) atoms. The van der Waals surface area contributed by atoms with Gasteiger partial charge in [0.1, 0.15) is 5.75 Å². The minimum absolute atomic E-state index is 0.937. The fourth-order valence-electron chi connectivity index (χ4n) is 1.55. The highest BCUT2D eigenvalue weighted by atomic mass is 16.5. The molecular weight excluding hydrogens is 186 g/mol. The zero-order valence-corrected chi connectivity index (χ0v) is 9.99. The van der Waals surface area contributed by atoms with Crippen molar-refractivity contribution >= 4 is 0 Å². The molecule has 1 rings (SSSR count). The van der Waals surface area contributed by atoms with Crippen LogP contribution >= 0.6 is 0 Å². The van der Waals surface area contributed by atoms with Gasteiger partial charge in [0.2, 0.25) is 0 Å². The van der Waals surface area contributed by atoms with Crippen LogP contribution in [0.2, 0.25) is 0 Å². The fourth-order valence-corrected chi connectivity index (χ4v) is 1.55.